The lowest BCUT2D eigenvalue weighted by atomic mass is 10.1. The molecule has 2 aromatic heterocycles. The number of nitrogens with zero attached hydrogens (tertiary/aromatic N) is 3. The van der Waals surface area contributed by atoms with Gasteiger partial charge in [-0.3, -0.25) is 4.79 Å². The van der Waals surface area contributed by atoms with Gasteiger partial charge in [-0.2, -0.15) is 5.10 Å². The highest BCUT2D eigenvalue weighted by Crippen LogP contribution is 2.24. The van der Waals surface area contributed by atoms with Gasteiger partial charge in [0.1, 0.15) is 0 Å². The van der Waals surface area contributed by atoms with E-state index in [0.717, 1.165) is 51.9 Å². The van der Waals surface area contributed by atoms with Crippen LogP contribution in [0.25, 0.3) is 16.6 Å². The van der Waals surface area contributed by atoms with Gasteiger partial charge in [0.25, 0.3) is 0 Å². The van der Waals surface area contributed by atoms with E-state index in [4.69, 9.17) is 4.98 Å². The lowest BCUT2D eigenvalue weighted by molar-refractivity contribution is -0.121. The van der Waals surface area contributed by atoms with E-state index in [1.807, 2.05) is 42.6 Å². The molecule has 5 rings (SSSR count). The predicted octanol–water partition coefficient (Wildman–Crippen LogP) is 3.19. The molecule has 0 radical (unpaired) electrons. The van der Waals surface area contributed by atoms with Crippen LogP contribution in [0.4, 0.5) is 0 Å². The van der Waals surface area contributed by atoms with E-state index in [9.17, 15) is 13.2 Å². The summed E-state index contributed by atoms with van der Waals surface area (Å²) in [5.41, 5.74) is 5.49. The van der Waals surface area contributed by atoms with E-state index >= 15 is 0 Å². The van der Waals surface area contributed by atoms with Gasteiger partial charge in [0.05, 0.1) is 10.4 Å². The van der Waals surface area contributed by atoms with E-state index in [1.54, 1.807) is 24.3 Å². The van der Waals surface area contributed by atoms with Gasteiger partial charge in [0, 0.05) is 35.8 Å². The highest BCUT2D eigenvalue weighted by molar-refractivity contribution is 7.89. The molecule has 1 saturated carbocycles. The number of aromatic nitrogens is 3. The Balaban J connectivity index is 1.21. The smallest absolute Gasteiger partial charge is 0.240 e. The van der Waals surface area contributed by atoms with Gasteiger partial charge in [-0.1, -0.05) is 24.3 Å². The molecular weight excluding hydrogens is 450 g/mol. The van der Waals surface area contributed by atoms with E-state index in [1.165, 1.54) is 0 Å². The molecule has 0 bridgehead atoms. The largest absolute Gasteiger partial charge is 0.352 e. The van der Waals surface area contributed by atoms with Crippen LogP contribution in [0.3, 0.4) is 0 Å². The molecule has 1 aliphatic carbocycles. The highest BCUT2D eigenvalue weighted by atomic mass is 32.2. The van der Waals surface area contributed by atoms with Crippen LogP contribution in [0.15, 0.2) is 53.4 Å². The molecule has 34 heavy (non-hydrogen) atoms. The molecular formula is C25H27N5O3S. The van der Waals surface area contributed by atoms with Crippen molar-refractivity contribution in [2.45, 2.75) is 57.0 Å². The average Bonchev–Trinajstić information content (AvgIpc) is 3.55. The molecule has 1 aliphatic rings. The Morgan fingerprint density at radius 1 is 1.09 bits per heavy atom. The summed E-state index contributed by atoms with van der Waals surface area (Å²) >= 11 is 0. The third-order valence-corrected chi connectivity index (χ3v) is 7.78. The van der Waals surface area contributed by atoms with Gasteiger partial charge in [-0.05, 0) is 68.5 Å². The van der Waals surface area contributed by atoms with Crippen molar-refractivity contribution < 1.29 is 13.2 Å². The summed E-state index contributed by atoms with van der Waals surface area (Å²) in [6.45, 7) is 4.32. The first-order chi connectivity index (χ1) is 16.3. The molecule has 2 aromatic carbocycles. The van der Waals surface area contributed by atoms with Gasteiger partial charge in [-0.25, -0.2) is 22.6 Å². The number of hydrogen-bond acceptors (Lipinski definition) is 5. The van der Waals surface area contributed by atoms with Gasteiger partial charge >= 0.3 is 0 Å². The Bertz CT molecular complexity index is 1490. The number of carbonyl (C=O) groups excluding carboxylic acids is 1. The molecule has 0 spiro atoms. The summed E-state index contributed by atoms with van der Waals surface area (Å²) in [5.74, 6) is -0.0726. The van der Waals surface area contributed by atoms with Crippen molar-refractivity contribution >= 4 is 32.5 Å². The van der Waals surface area contributed by atoms with Crippen LogP contribution in [0, 0.1) is 13.8 Å². The average molecular weight is 478 g/mol. The quantitative estimate of drug-likeness (QED) is 0.406. The molecule has 1 fully saturated rings. The standard InChI is InChI=1S/C25H27N5O3S/c1-16-21(17(2)30-25(27-16)22-5-3-4-6-23(22)28-30)13-14-24(31)26-15-18-7-11-20(12-8-18)34(32,33)29-19-9-10-19/h3-8,11-12,19,29H,9-10,13-15H2,1-2H3,(H,26,31). The van der Waals surface area contributed by atoms with Crippen LogP contribution in [0.2, 0.25) is 0 Å². The molecule has 0 saturated heterocycles. The Morgan fingerprint density at radius 3 is 2.56 bits per heavy atom. The Kier molecular flexibility index (Phi) is 5.83. The zero-order chi connectivity index (χ0) is 23.9. The Labute approximate surface area is 198 Å². The first-order valence-electron chi connectivity index (χ1n) is 11.4. The number of fused-ring (bicyclic) bond motifs is 3. The first-order valence-corrected chi connectivity index (χ1v) is 12.9. The summed E-state index contributed by atoms with van der Waals surface area (Å²) in [5, 5.41) is 8.60. The fraction of sp³-hybridized carbons (Fsp3) is 0.320. The number of aryl methyl sites for hydroxylation is 2. The van der Waals surface area contributed by atoms with Crippen molar-refractivity contribution in [3.8, 4) is 0 Å². The second-order valence-corrected chi connectivity index (χ2v) is 10.5. The Morgan fingerprint density at radius 2 is 1.82 bits per heavy atom. The third kappa shape index (κ3) is 4.53. The van der Waals surface area contributed by atoms with Gasteiger partial charge in [-0.15, -0.1) is 0 Å². The first kappa shape index (κ1) is 22.5. The van der Waals surface area contributed by atoms with Gasteiger partial charge < -0.3 is 5.32 Å². The number of benzene rings is 2. The summed E-state index contributed by atoms with van der Waals surface area (Å²) in [7, 11) is -3.47. The number of amides is 1. The molecule has 9 heteroatoms. The summed E-state index contributed by atoms with van der Waals surface area (Å²) in [4.78, 5) is 17.5. The third-order valence-electron chi connectivity index (χ3n) is 6.24. The molecule has 2 heterocycles. The van der Waals surface area contributed by atoms with E-state index in [0.29, 0.717) is 19.4 Å². The minimum atomic E-state index is -3.47. The fourth-order valence-corrected chi connectivity index (χ4v) is 5.45. The maximum atomic E-state index is 12.5. The van der Waals surface area contributed by atoms with Crippen LogP contribution >= 0.6 is 0 Å². The second-order valence-electron chi connectivity index (χ2n) is 8.83. The van der Waals surface area contributed by atoms with E-state index < -0.39 is 10.0 Å². The van der Waals surface area contributed by atoms with E-state index in [2.05, 4.69) is 15.1 Å². The topological polar surface area (TPSA) is 105 Å². The molecule has 1 amide bonds. The van der Waals surface area contributed by atoms with Crippen molar-refractivity contribution in [3.63, 3.8) is 0 Å². The maximum Gasteiger partial charge on any atom is 0.240 e. The van der Waals surface area contributed by atoms with Crippen LogP contribution < -0.4 is 10.0 Å². The van der Waals surface area contributed by atoms with Crippen molar-refractivity contribution in [2.75, 3.05) is 0 Å². The zero-order valence-corrected chi connectivity index (χ0v) is 20.0. The predicted molar refractivity (Wildman–Crippen MR) is 130 cm³/mol. The molecule has 0 aliphatic heterocycles. The van der Waals surface area contributed by atoms with E-state index in [-0.39, 0.29) is 16.8 Å². The summed E-state index contributed by atoms with van der Waals surface area (Å²) < 4.78 is 29.1. The SMILES string of the molecule is Cc1nc2c3ccccc3nn2c(C)c1CCC(=O)NCc1ccc(S(=O)(=O)NC2CC2)cc1. The van der Waals surface area contributed by atoms with Crippen LogP contribution in [0.5, 0.6) is 0 Å². The molecule has 0 atom stereocenters. The second kappa shape index (κ2) is 8.81. The number of carbonyl (C=O) groups is 1. The monoisotopic (exact) mass is 477 g/mol. The zero-order valence-electron chi connectivity index (χ0n) is 19.2. The van der Waals surface area contributed by atoms with Gasteiger partial charge in [0.15, 0.2) is 5.65 Å². The maximum absolute atomic E-state index is 12.5. The molecule has 4 aromatic rings. The van der Waals surface area contributed by atoms with Crippen LogP contribution in [0.1, 0.15) is 41.8 Å². The summed E-state index contributed by atoms with van der Waals surface area (Å²) in [6, 6.07) is 14.6. The van der Waals surface area contributed by atoms with Crippen molar-refractivity contribution in [1.82, 2.24) is 24.6 Å². The molecule has 0 unspecified atom stereocenters. The fourth-order valence-electron chi connectivity index (χ4n) is 4.14. The van der Waals surface area contributed by atoms with Crippen LogP contribution in [-0.2, 0) is 27.8 Å². The van der Waals surface area contributed by atoms with Gasteiger partial charge in [0.2, 0.25) is 15.9 Å². The number of hydrogen-bond donors (Lipinski definition) is 2. The number of sulfonamides is 1. The molecule has 8 nitrogen and oxygen atoms in total. The van der Waals surface area contributed by atoms with Crippen molar-refractivity contribution in [3.05, 3.63) is 71.0 Å². The summed E-state index contributed by atoms with van der Waals surface area (Å²) in [6.07, 6.45) is 2.68. The lowest BCUT2D eigenvalue weighted by Gasteiger charge is -2.11. The minimum Gasteiger partial charge on any atom is -0.352 e. The highest BCUT2D eigenvalue weighted by Gasteiger charge is 2.27. The normalized spacial score (nSPS) is 14.1. The van der Waals surface area contributed by atoms with Crippen molar-refractivity contribution in [1.29, 1.82) is 0 Å². The molecule has 176 valence electrons. The van der Waals surface area contributed by atoms with Crippen molar-refractivity contribution in [2.24, 2.45) is 0 Å². The number of rotatable bonds is 8. The lowest BCUT2D eigenvalue weighted by Crippen LogP contribution is -2.26. The Hall–Kier alpha value is -3.30. The molecule has 2 N–H and O–H groups in total. The minimum absolute atomic E-state index is 0.0690. The van der Waals surface area contributed by atoms with Crippen LogP contribution in [-0.4, -0.2) is 35.0 Å². The number of nitrogens with one attached hydrogen (secondary N) is 2.